The van der Waals surface area contributed by atoms with Crippen molar-refractivity contribution in [3.8, 4) is 17.0 Å². The van der Waals surface area contributed by atoms with Crippen molar-refractivity contribution < 1.29 is 23.6 Å². The maximum absolute atomic E-state index is 12.8. The molecule has 36 heavy (non-hydrogen) atoms. The van der Waals surface area contributed by atoms with Crippen LogP contribution in [0, 0.1) is 5.92 Å². The molecule has 0 atom stereocenters. The summed E-state index contributed by atoms with van der Waals surface area (Å²) < 4.78 is 20.5. The lowest BCUT2D eigenvalue weighted by Crippen LogP contribution is -2.47. The second-order valence-electron chi connectivity index (χ2n) is 9.29. The first-order valence-corrected chi connectivity index (χ1v) is 14.7. The Morgan fingerprint density at radius 1 is 1.19 bits per heavy atom. The van der Waals surface area contributed by atoms with Crippen LogP contribution in [-0.2, 0) is 15.9 Å². The van der Waals surface area contributed by atoms with Crippen LogP contribution < -0.4 is 25.5 Å². The summed E-state index contributed by atoms with van der Waals surface area (Å²) in [6, 6.07) is 9.23. The van der Waals surface area contributed by atoms with Gasteiger partial charge in [-0.15, -0.1) is 4.68 Å². The number of hydrogen-bond acceptors (Lipinski definition) is 6. The van der Waals surface area contributed by atoms with Gasteiger partial charge in [-0.1, -0.05) is 13.0 Å². The number of carbonyl (C=O) groups excluding carboxylic acids is 2. The Hall–Kier alpha value is -3.45. The predicted octanol–water partition coefficient (Wildman–Crippen LogP) is 4.33. The Morgan fingerprint density at radius 3 is 2.53 bits per heavy atom. The number of aromatic nitrogens is 3. The van der Waals surface area contributed by atoms with Crippen LogP contribution in [0.4, 0.5) is 17.2 Å². The minimum Gasteiger partial charge on any atom is -0.494 e. The standard InChI is InChI=1S/C26H32N5O4P/c1-6-22(32)18-15-27-23(29-26(33)16-11-12-16)13-20(18)28-19-10-8-9-17(25(19)35-3)21-14-24(36(4,5)34)31(7-2)30-21/h8-10,13-16H,6-7,11-12H2,1-5H3,(H2,27,28,29,32,33)/p+1. The molecule has 1 aromatic carbocycles. The molecule has 0 radical (unpaired) electrons. The quantitative estimate of drug-likeness (QED) is 0.212. The maximum atomic E-state index is 12.8. The number of aryl methyl sites for hydroxylation is 1. The van der Waals surface area contributed by atoms with Gasteiger partial charge in [0.25, 0.3) is 5.44 Å². The van der Waals surface area contributed by atoms with Gasteiger partial charge in [-0.3, -0.25) is 9.59 Å². The Kier molecular flexibility index (Phi) is 7.31. The molecule has 1 saturated carbocycles. The Morgan fingerprint density at radius 2 is 1.94 bits per heavy atom. The van der Waals surface area contributed by atoms with Gasteiger partial charge in [0.1, 0.15) is 11.5 Å². The molecule has 0 unspecified atom stereocenters. The number of methoxy groups -OCH3 is 1. The highest BCUT2D eigenvalue weighted by molar-refractivity contribution is 7.69. The number of nitrogens with one attached hydrogen (secondary N) is 3. The van der Waals surface area contributed by atoms with Crippen LogP contribution in [0.15, 0.2) is 36.5 Å². The SMILES string of the molecule is CCC(=O)c1cnc(NC(=O)C2CC2)cc1Nc1cccc(-c2cc(P(C)(C)=O)[n+](CC)[nH]2)c1OC. The number of anilines is 3. The molecular weight excluding hydrogens is 477 g/mol. The van der Waals surface area contributed by atoms with E-state index in [9.17, 15) is 14.2 Å². The van der Waals surface area contributed by atoms with E-state index in [-0.39, 0.29) is 17.6 Å². The number of nitrogens with zero attached hydrogens (tertiary/aromatic N) is 2. The number of aromatic amines is 1. The molecule has 2 aromatic heterocycles. The zero-order valence-electron chi connectivity index (χ0n) is 21.3. The van der Waals surface area contributed by atoms with E-state index in [1.807, 2.05) is 35.9 Å². The van der Waals surface area contributed by atoms with Crippen LogP contribution in [-0.4, -0.2) is 42.2 Å². The van der Waals surface area contributed by atoms with Gasteiger partial charge in [-0.25, -0.2) is 4.98 Å². The molecule has 0 spiro atoms. The summed E-state index contributed by atoms with van der Waals surface area (Å²) >= 11 is 0. The second-order valence-corrected chi connectivity index (χ2v) is 12.4. The van der Waals surface area contributed by atoms with Crippen molar-refractivity contribution in [1.29, 1.82) is 0 Å². The summed E-state index contributed by atoms with van der Waals surface area (Å²) in [5, 5.41) is 9.50. The number of rotatable bonds is 10. The molecule has 10 heteroatoms. The lowest BCUT2D eigenvalue weighted by atomic mass is 10.1. The van der Waals surface area contributed by atoms with Crippen LogP contribution in [0.25, 0.3) is 11.3 Å². The highest BCUT2D eigenvalue weighted by Crippen LogP contribution is 2.40. The molecule has 1 aliphatic carbocycles. The van der Waals surface area contributed by atoms with Crippen LogP contribution in [0.2, 0.25) is 0 Å². The van der Waals surface area contributed by atoms with Crippen molar-refractivity contribution >= 4 is 41.5 Å². The smallest absolute Gasteiger partial charge is 0.264 e. The predicted molar refractivity (Wildman–Crippen MR) is 141 cm³/mol. The van der Waals surface area contributed by atoms with E-state index >= 15 is 0 Å². The van der Waals surface area contributed by atoms with Gasteiger partial charge in [0.05, 0.1) is 24.0 Å². The van der Waals surface area contributed by atoms with E-state index in [4.69, 9.17) is 4.74 Å². The van der Waals surface area contributed by atoms with E-state index in [1.54, 1.807) is 33.4 Å². The van der Waals surface area contributed by atoms with Crippen LogP contribution in [0.1, 0.15) is 43.5 Å². The third-order valence-corrected chi connectivity index (χ3v) is 7.65. The number of para-hydroxylation sites is 1. The van der Waals surface area contributed by atoms with E-state index in [0.717, 1.165) is 29.5 Å². The van der Waals surface area contributed by atoms with Gasteiger partial charge >= 0.3 is 0 Å². The van der Waals surface area contributed by atoms with Crippen molar-refractivity contribution in [1.82, 2.24) is 10.1 Å². The average molecular weight is 511 g/mol. The fraction of sp³-hybridized carbons (Fsp3) is 0.385. The summed E-state index contributed by atoms with van der Waals surface area (Å²) in [6.45, 7) is 7.93. The van der Waals surface area contributed by atoms with Crippen molar-refractivity contribution in [2.75, 3.05) is 31.1 Å². The summed E-state index contributed by atoms with van der Waals surface area (Å²) in [7, 11) is -0.925. The number of Topliss-reactive ketones (excluding diaryl/α,β-unsaturated/α-hetero) is 1. The van der Waals surface area contributed by atoms with Crippen LogP contribution in [0.3, 0.4) is 0 Å². The largest absolute Gasteiger partial charge is 0.494 e. The summed E-state index contributed by atoms with van der Waals surface area (Å²) in [5.74, 6) is 0.857. The molecule has 4 rings (SSSR count). The van der Waals surface area contributed by atoms with Gasteiger partial charge in [-0.2, -0.15) is 5.10 Å². The molecule has 1 fully saturated rings. The Labute approximate surface area is 211 Å². The number of hydrogen-bond donors (Lipinski definition) is 3. The van der Waals surface area contributed by atoms with E-state index in [0.29, 0.717) is 41.5 Å². The maximum Gasteiger partial charge on any atom is 0.264 e. The zero-order chi connectivity index (χ0) is 26.0. The molecule has 0 saturated heterocycles. The minimum absolute atomic E-state index is 0.0371. The first-order valence-electron chi connectivity index (χ1n) is 12.1. The topological polar surface area (TPSA) is 117 Å². The molecule has 9 nitrogen and oxygen atoms in total. The highest BCUT2D eigenvalue weighted by Gasteiger charge is 2.30. The van der Waals surface area contributed by atoms with Crippen molar-refractivity contribution in [2.24, 2.45) is 5.92 Å². The van der Waals surface area contributed by atoms with E-state index in [1.165, 1.54) is 6.20 Å². The molecule has 1 amide bonds. The number of ketones is 1. The van der Waals surface area contributed by atoms with E-state index < -0.39 is 7.14 Å². The molecule has 190 valence electrons. The van der Waals surface area contributed by atoms with Gasteiger partial charge in [-0.05, 0) is 45.2 Å². The van der Waals surface area contributed by atoms with Gasteiger partial charge in [0, 0.05) is 36.2 Å². The van der Waals surface area contributed by atoms with Crippen LogP contribution in [0.5, 0.6) is 5.75 Å². The second kappa shape index (κ2) is 10.3. The number of benzene rings is 1. The van der Waals surface area contributed by atoms with E-state index in [2.05, 4.69) is 20.7 Å². The zero-order valence-corrected chi connectivity index (χ0v) is 22.2. The fourth-order valence-electron chi connectivity index (χ4n) is 4.09. The Balaban J connectivity index is 1.75. The first-order chi connectivity index (χ1) is 17.2. The third-order valence-electron chi connectivity index (χ3n) is 6.18. The number of H-pyrrole nitrogens is 1. The molecule has 0 bridgehead atoms. The summed E-state index contributed by atoms with van der Waals surface area (Å²) in [4.78, 5) is 29.2. The molecular formula is C26H33N5O4P+. The van der Waals surface area contributed by atoms with Crippen LogP contribution >= 0.6 is 7.14 Å². The van der Waals surface area contributed by atoms with Gasteiger partial charge < -0.3 is 19.9 Å². The third kappa shape index (κ3) is 5.36. The monoisotopic (exact) mass is 510 g/mol. The number of carbonyl (C=O) groups is 2. The molecule has 1 aliphatic rings. The average Bonchev–Trinajstić information content (AvgIpc) is 3.61. The minimum atomic E-state index is -2.51. The summed E-state index contributed by atoms with van der Waals surface area (Å²) in [5.41, 5.74) is 3.90. The van der Waals surface area contributed by atoms with Crippen molar-refractivity contribution in [2.45, 2.75) is 39.7 Å². The Bertz CT molecular complexity index is 1360. The normalized spacial score (nSPS) is 13.4. The first kappa shape index (κ1) is 25.6. The molecule has 3 aromatic rings. The van der Waals surface area contributed by atoms with Crippen molar-refractivity contribution in [3.63, 3.8) is 0 Å². The van der Waals surface area contributed by atoms with Gasteiger partial charge in [0.15, 0.2) is 25.2 Å². The lowest BCUT2D eigenvalue weighted by Gasteiger charge is -2.17. The fourth-order valence-corrected chi connectivity index (χ4v) is 5.31. The number of amides is 1. The number of pyridine rings is 1. The lowest BCUT2D eigenvalue weighted by molar-refractivity contribution is -0.730. The summed E-state index contributed by atoms with van der Waals surface area (Å²) in [6.07, 6.45) is 3.58. The molecule has 0 aliphatic heterocycles. The highest BCUT2D eigenvalue weighted by atomic mass is 31.2. The van der Waals surface area contributed by atoms with Gasteiger partial charge in [0.2, 0.25) is 5.91 Å². The number of ether oxygens (including phenoxy) is 1. The molecule has 3 N–H and O–H groups in total. The molecule has 2 heterocycles. The van der Waals surface area contributed by atoms with Crippen molar-refractivity contribution in [3.05, 3.63) is 42.1 Å².